The molecule has 0 aliphatic heterocycles. The predicted octanol–water partition coefficient (Wildman–Crippen LogP) is 2.65. The monoisotopic (exact) mass is 398 g/mol. The molecule has 9 heteroatoms. The minimum atomic E-state index is -4.63. The standard InChI is InChI=1S/C18H17F3N2O3S/c19-18(20,21)13-2-1-3-15(10-13)27(25,26)14-6-4-12(5-7-14)11-23-16(24)17(22)8-9-17/h1-7,10H,8-9,11,22H2,(H,23,24). The first-order valence-electron chi connectivity index (χ1n) is 8.11. The van der Waals surface area contributed by atoms with E-state index in [2.05, 4.69) is 5.32 Å². The molecule has 2 aromatic rings. The minimum absolute atomic E-state index is 0.130. The highest BCUT2D eigenvalue weighted by Crippen LogP contribution is 2.33. The van der Waals surface area contributed by atoms with Crippen LogP contribution in [0.3, 0.4) is 0 Å². The summed E-state index contributed by atoms with van der Waals surface area (Å²) in [7, 11) is -4.09. The van der Waals surface area contributed by atoms with E-state index in [0.717, 1.165) is 18.2 Å². The Morgan fingerprint density at radius 1 is 1.07 bits per heavy atom. The van der Waals surface area contributed by atoms with Crippen molar-refractivity contribution < 1.29 is 26.4 Å². The van der Waals surface area contributed by atoms with Crippen molar-refractivity contribution in [2.24, 2.45) is 5.73 Å². The van der Waals surface area contributed by atoms with E-state index in [1.165, 1.54) is 24.3 Å². The number of benzene rings is 2. The van der Waals surface area contributed by atoms with E-state index in [4.69, 9.17) is 5.73 Å². The summed E-state index contributed by atoms with van der Waals surface area (Å²) in [6.45, 7) is 0.182. The zero-order chi connectivity index (χ0) is 19.9. The Labute approximate surface area is 154 Å². The van der Waals surface area contributed by atoms with Crippen molar-refractivity contribution in [3.05, 3.63) is 59.7 Å². The van der Waals surface area contributed by atoms with Crippen LogP contribution in [0.5, 0.6) is 0 Å². The van der Waals surface area contributed by atoms with Crippen molar-refractivity contribution >= 4 is 15.7 Å². The number of sulfone groups is 1. The van der Waals surface area contributed by atoms with Gasteiger partial charge in [-0.1, -0.05) is 18.2 Å². The quantitative estimate of drug-likeness (QED) is 0.810. The zero-order valence-electron chi connectivity index (χ0n) is 14.1. The Morgan fingerprint density at radius 3 is 2.26 bits per heavy atom. The maximum atomic E-state index is 12.8. The lowest BCUT2D eigenvalue weighted by Crippen LogP contribution is -2.42. The fraction of sp³-hybridized carbons (Fsp3) is 0.278. The molecule has 0 atom stereocenters. The molecular weight excluding hydrogens is 381 g/mol. The molecule has 3 rings (SSSR count). The van der Waals surface area contributed by atoms with E-state index in [1.54, 1.807) is 0 Å². The number of alkyl halides is 3. The largest absolute Gasteiger partial charge is 0.416 e. The summed E-state index contributed by atoms with van der Waals surface area (Å²) in [5, 5.41) is 2.68. The van der Waals surface area contributed by atoms with Crippen LogP contribution in [-0.2, 0) is 27.4 Å². The third-order valence-corrected chi connectivity index (χ3v) is 6.17. The summed E-state index contributed by atoms with van der Waals surface area (Å²) >= 11 is 0. The normalized spacial score (nSPS) is 16.0. The van der Waals surface area contributed by atoms with E-state index >= 15 is 0 Å². The van der Waals surface area contributed by atoms with E-state index in [9.17, 15) is 26.4 Å². The fourth-order valence-corrected chi connectivity index (χ4v) is 3.79. The first-order valence-corrected chi connectivity index (χ1v) is 9.59. The van der Waals surface area contributed by atoms with Gasteiger partial charge >= 0.3 is 6.18 Å². The molecule has 1 amide bonds. The van der Waals surface area contributed by atoms with Gasteiger partial charge in [-0.15, -0.1) is 0 Å². The highest BCUT2D eigenvalue weighted by molar-refractivity contribution is 7.91. The van der Waals surface area contributed by atoms with Gasteiger partial charge in [0.1, 0.15) is 0 Å². The third kappa shape index (κ3) is 4.14. The predicted molar refractivity (Wildman–Crippen MR) is 91.3 cm³/mol. The molecule has 0 unspecified atom stereocenters. The molecule has 3 N–H and O–H groups in total. The number of rotatable bonds is 5. The lowest BCUT2D eigenvalue weighted by molar-refractivity contribution is -0.137. The Morgan fingerprint density at radius 2 is 1.70 bits per heavy atom. The molecule has 0 spiro atoms. The number of nitrogens with two attached hydrogens (primary N) is 1. The van der Waals surface area contributed by atoms with Crippen LogP contribution >= 0.6 is 0 Å². The second kappa shape index (κ2) is 6.65. The Balaban J connectivity index is 1.76. The van der Waals surface area contributed by atoms with Crippen LogP contribution in [-0.4, -0.2) is 19.9 Å². The van der Waals surface area contributed by atoms with E-state index in [0.29, 0.717) is 24.5 Å². The molecule has 0 bridgehead atoms. The van der Waals surface area contributed by atoms with Crippen molar-refractivity contribution in [2.75, 3.05) is 0 Å². The van der Waals surface area contributed by atoms with Gasteiger partial charge in [-0.3, -0.25) is 4.79 Å². The Kier molecular flexibility index (Phi) is 4.77. The van der Waals surface area contributed by atoms with E-state index in [1.807, 2.05) is 0 Å². The van der Waals surface area contributed by atoms with Gasteiger partial charge < -0.3 is 11.1 Å². The molecule has 2 aromatic carbocycles. The third-order valence-electron chi connectivity index (χ3n) is 4.40. The van der Waals surface area contributed by atoms with Crippen molar-refractivity contribution in [1.82, 2.24) is 5.32 Å². The van der Waals surface area contributed by atoms with Gasteiger partial charge in [0.05, 0.1) is 20.9 Å². The van der Waals surface area contributed by atoms with E-state index < -0.39 is 32.0 Å². The number of carbonyl (C=O) groups excluding carboxylic acids is 1. The minimum Gasteiger partial charge on any atom is -0.350 e. The second-order valence-electron chi connectivity index (χ2n) is 6.51. The summed E-state index contributed by atoms with van der Waals surface area (Å²) in [4.78, 5) is 11.2. The number of carbonyl (C=O) groups is 1. The molecule has 0 saturated heterocycles. The number of amides is 1. The Hall–Kier alpha value is -2.39. The molecule has 27 heavy (non-hydrogen) atoms. The van der Waals surface area contributed by atoms with Crippen molar-refractivity contribution in [2.45, 2.75) is 40.9 Å². The number of hydrogen-bond donors (Lipinski definition) is 2. The van der Waals surface area contributed by atoms with Crippen LogP contribution in [0, 0.1) is 0 Å². The molecule has 0 heterocycles. The molecule has 5 nitrogen and oxygen atoms in total. The van der Waals surface area contributed by atoms with Crippen LogP contribution in [0.2, 0.25) is 0 Å². The number of hydrogen-bond acceptors (Lipinski definition) is 4. The Bertz CT molecular complexity index is 966. The highest BCUT2D eigenvalue weighted by atomic mass is 32.2. The number of nitrogens with one attached hydrogen (secondary N) is 1. The maximum Gasteiger partial charge on any atom is 0.416 e. The zero-order valence-corrected chi connectivity index (χ0v) is 14.9. The second-order valence-corrected chi connectivity index (χ2v) is 8.46. The van der Waals surface area contributed by atoms with Crippen LogP contribution in [0.4, 0.5) is 13.2 Å². The topological polar surface area (TPSA) is 89.3 Å². The van der Waals surface area contributed by atoms with Crippen molar-refractivity contribution in [3.63, 3.8) is 0 Å². The fourth-order valence-electron chi connectivity index (χ4n) is 2.48. The van der Waals surface area contributed by atoms with Gasteiger partial charge in [0.25, 0.3) is 0 Å². The van der Waals surface area contributed by atoms with Crippen molar-refractivity contribution in [1.29, 1.82) is 0 Å². The van der Waals surface area contributed by atoms with Gasteiger partial charge in [-0.2, -0.15) is 13.2 Å². The molecule has 1 aliphatic carbocycles. The first kappa shape index (κ1) is 19.4. The highest BCUT2D eigenvalue weighted by Gasteiger charge is 2.45. The van der Waals surface area contributed by atoms with Gasteiger partial charge in [0.15, 0.2) is 0 Å². The van der Waals surface area contributed by atoms with Crippen LogP contribution in [0.25, 0.3) is 0 Å². The van der Waals surface area contributed by atoms with Gasteiger partial charge in [-0.25, -0.2) is 8.42 Å². The number of halogens is 3. The van der Waals surface area contributed by atoms with Crippen LogP contribution in [0.15, 0.2) is 58.3 Å². The van der Waals surface area contributed by atoms with Gasteiger partial charge in [0.2, 0.25) is 15.7 Å². The SMILES string of the molecule is NC1(C(=O)NCc2ccc(S(=O)(=O)c3cccc(C(F)(F)F)c3)cc2)CC1. The van der Waals surface area contributed by atoms with Gasteiger partial charge in [0, 0.05) is 6.54 Å². The molecule has 144 valence electrons. The lowest BCUT2D eigenvalue weighted by Gasteiger charge is -2.11. The molecule has 1 saturated carbocycles. The molecule has 1 fully saturated rings. The summed E-state index contributed by atoms with van der Waals surface area (Å²) in [6, 6.07) is 9.19. The maximum absolute atomic E-state index is 12.8. The summed E-state index contributed by atoms with van der Waals surface area (Å²) in [5.74, 6) is -0.261. The van der Waals surface area contributed by atoms with E-state index in [-0.39, 0.29) is 17.3 Å². The first-order chi connectivity index (χ1) is 12.5. The molecule has 1 aliphatic rings. The molecule has 0 radical (unpaired) electrons. The summed E-state index contributed by atoms with van der Waals surface area (Å²) < 4.78 is 63.6. The summed E-state index contributed by atoms with van der Waals surface area (Å²) in [5.41, 5.74) is 4.59. The smallest absolute Gasteiger partial charge is 0.350 e. The molecule has 0 aromatic heterocycles. The average molecular weight is 398 g/mol. The molecular formula is C18H17F3N2O3S. The average Bonchev–Trinajstić information content (AvgIpc) is 3.38. The van der Waals surface area contributed by atoms with Crippen molar-refractivity contribution in [3.8, 4) is 0 Å². The van der Waals surface area contributed by atoms with Crippen LogP contribution in [0.1, 0.15) is 24.0 Å². The van der Waals surface area contributed by atoms with Gasteiger partial charge in [-0.05, 0) is 48.7 Å². The summed E-state index contributed by atoms with van der Waals surface area (Å²) in [6.07, 6.45) is -3.37. The van der Waals surface area contributed by atoms with Crippen LogP contribution < -0.4 is 11.1 Å². The lowest BCUT2D eigenvalue weighted by atomic mass is 10.2.